The molecule has 0 amide bonds. The van der Waals surface area contributed by atoms with Gasteiger partial charge >= 0.3 is 12.3 Å². The van der Waals surface area contributed by atoms with Crippen LogP contribution in [-0.4, -0.2) is 33.5 Å². The van der Waals surface area contributed by atoms with E-state index in [0.29, 0.717) is 0 Å². The SMILES string of the molecule is O.O.O=C(O)OC(=O)O. The van der Waals surface area contributed by atoms with Gasteiger partial charge in [-0.3, -0.25) is 0 Å². The minimum absolute atomic E-state index is 0. The van der Waals surface area contributed by atoms with Crippen molar-refractivity contribution < 1.29 is 35.5 Å². The van der Waals surface area contributed by atoms with Crippen molar-refractivity contribution in [1.82, 2.24) is 0 Å². The minimum atomic E-state index is -1.81. The van der Waals surface area contributed by atoms with Crippen LogP contribution in [0, 0.1) is 0 Å². The molecule has 0 aromatic carbocycles. The molecule has 0 fully saturated rings. The second kappa shape index (κ2) is 6.66. The molecule has 0 saturated heterocycles. The molecule has 0 aliphatic carbocycles. The zero-order chi connectivity index (χ0) is 5.86. The van der Waals surface area contributed by atoms with E-state index >= 15 is 0 Å². The predicted octanol–water partition coefficient (Wildman–Crippen LogP) is -1.29. The Balaban J connectivity index is -0.000000180. The highest BCUT2D eigenvalue weighted by molar-refractivity contribution is 5.74. The number of carboxylic acid groups (broad SMARTS) is 2. The average molecular weight is 142 g/mol. The molecule has 0 atom stereocenters. The molecule has 0 heterocycles. The maximum absolute atomic E-state index is 9.21. The molecule has 0 radical (unpaired) electrons. The Morgan fingerprint density at radius 2 is 1.22 bits per heavy atom. The Labute approximate surface area is 49.1 Å². The van der Waals surface area contributed by atoms with Crippen LogP contribution >= 0.6 is 0 Å². The first-order valence-electron chi connectivity index (χ1n) is 1.26. The van der Waals surface area contributed by atoms with E-state index in [-0.39, 0.29) is 11.0 Å². The molecule has 0 rings (SSSR count). The van der Waals surface area contributed by atoms with Crippen molar-refractivity contribution in [2.75, 3.05) is 0 Å². The van der Waals surface area contributed by atoms with Crippen molar-refractivity contribution in [2.24, 2.45) is 0 Å². The van der Waals surface area contributed by atoms with Crippen molar-refractivity contribution in [3.8, 4) is 0 Å². The van der Waals surface area contributed by atoms with Crippen molar-refractivity contribution in [3.05, 3.63) is 0 Å². The first kappa shape index (κ1) is 15.6. The second-order valence-electron chi connectivity index (χ2n) is 0.634. The van der Waals surface area contributed by atoms with Crippen LogP contribution in [0.4, 0.5) is 9.59 Å². The molecule has 0 aromatic rings. The molecule has 7 heteroatoms. The topological polar surface area (TPSA) is 147 Å². The average Bonchev–Trinajstić information content (AvgIpc) is 1.27. The molecule has 56 valence electrons. The van der Waals surface area contributed by atoms with Crippen LogP contribution in [-0.2, 0) is 4.74 Å². The van der Waals surface area contributed by atoms with E-state index in [1.165, 1.54) is 0 Å². The summed E-state index contributed by atoms with van der Waals surface area (Å²) in [6, 6.07) is 0. The first-order chi connectivity index (χ1) is 3.13. The van der Waals surface area contributed by atoms with Crippen molar-refractivity contribution in [1.29, 1.82) is 0 Å². The van der Waals surface area contributed by atoms with Gasteiger partial charge < -0.3 is 25.9 Å². The fraction of sp³-hybridized carbons (Fsp3) is 0. The smallest absolute Gasteiger partial charge is 0.449 e. The predicted molar refractivity (Wildman–Crippen MR) is 24.4 cm³/mol. The lowest BCUT2D eigenvalue weighted by atomic mass is 11.3. The van der Waals surface area contributed by atoms with Crippen LogP contribution in [0.15, 0.2) is 0 Å². The van der Waals surface area contributed by atoms with E-state index < -0.39 is 12.3 Å². The molecule has 0 spiro atoms. The van der Waals surface area contributed by atoms with Gasteiger partial charge in [0.05, 0.1) is 0 Å². The Hall–Kier alpha value is -1.34. The van der Waals surface area contributed by atoms with Gasteiger partial charge in [0.25, 0.3) is 0 Å². The van der Waals surface area contributed by atoms with Gasteiger partial charge in [-0.25, -0.2) is 9.59 Å². The third kappa shape index (κ3) is 20.4. The Bertz CT molecular complexity index is 83.1. The summed E-state index contributed by atoms with van der Waals surface area (Å²) in [4.78, 5) is 18.4. The lowest BCUT2D eigenvalue weighted by Crippen LogP contribution is -2.05. The molecule has 0 aromatic heterocycles. The summed E-state index contributed by atoms with van der Waals surface area (Å²) in [7, 11) is 0. The molecule has 9 heavy (non-hydrogen) atoms. The van der Waals surface area contributed by atoms with Crippen LogP contribution in [0.2, 0.25) is 0 Å². The quantitative estimate of drug-likeness (QED) is 0.319. The number of carbonyl (C=O) groups is 2. The molecule has 0 aliphatic heterocycles. The van der Waals surface area contributed by atoms with Gasteiger partial charge in [0.2, 0.25) is 0 Å². The molecular weight excluding hydrogens is 136 g/mol. The third-order valence-electron chi connectivity index (χ3n) is 0.175. The monoisotopic (exact) mass is 142 g/mol. The zero-order valence-corrected chi connectivity index (χ0v) is 4.12. The Morgan fingerprint density at radius 3 is 1.22 bits per heavy atom. The zero-order valence-electron chi connectivity index (χ0n) is 4.12. The summed E-state index contributed by atoms with van der Waals surface area (Å²) < 4.78 is 3.08. The summed E-state index contributed by atoms with van der Waals surface area (Å²) in [6.45, 7) is 0. The molecule has 0 unspecified atom stereocenters. The highest BCUT2D eigenvalue weighted by Crippen LogP contribution is 1.73. The van der Waals surface area contributed by atoms with E-state index in [1.807, 2.05) is 0 Å². The van der Waals surface area contributed by atoms with Gasteiger partial charge in [-0.2, -0.15) is 0 Å². The molecule has 7 nitrogen and oxygen atoms in total. The van der Waals surface area contributed by atoms with E-state index in [9.17, 15) is 9.59 Å². The van der Waals surface area contributed by atoms with Crippen LogP contribution in [0.25, 0.3) is 0 Å². The van der Waals surface area contributed by atoms with Gasteiger partial charge in [-0.15, -0.1) is 0 Å². The number of ether oxygens (including phenoxy) is 1. The molecule has 0 aliphatic rings. The molecule has 0 bridgehead atoms. The number of hydrogen-bond acceptors (Lipinski definition) is 3. The van der Waals surface area contributed by atoms with Gasteiger partial charge in [0.1, 0.15) is 0 Å². The number of hydrogen-bond donors (Lipinski definition) is 2. The normalized spacial score (nSPS) is 5.78. The van der Waals surface area contributed by atoms with E-state index in [1.54, 1.807) is 0 Å². The van der Waals surface area contributed by atoms with Crippen LogP contribution in [0.1, 0.15) is 0 Å². The maximum Gasteiger partial charge on any atom is 0.516 e. The summed E-state index contributed by atoms with van der Waals surface area (Å²) in [6.07, 6.45) is -3.62. The summed E-state index contributed by atoms with van der Waals surface area (Å²) >= 11 is 0. The summed E-state index contributed by atoms with van der Waals surface area (Å²) in [5, 5.41) is 15.0. The summed E-state index contributed by atoms with van der Waals surface area (Å²) in [5.41, 5.74) is 0. The maximum atomic E-state index is 9.21. The highest BCUT2D eigenvalue weighted by Gasteiger charge is 2.01. The highest BCUT2D eigenvalue weighted by atomic mass is 16.7. The standard InChI is InChI=1S/C2H2O5.2H2O/c3-1(4)7-2(5)6;;/h(H,3,4)(H,5,6);2*1H2. The van der Waals surface area contributed by atoms with Gasteiger partial charge in [0, 0.05) is 0 Å². The van der Waals surface area contributed by atoms with E-state index in [0.717, 1.165) is 0 Å². The largest absolute Gasteiger partial charge is 0.516 e. The van der Waals surface area contributed by atoms with Crippen molar-refractivity contribution in [3.63, 3.8) is 0 Å². The number of rotatable bonds is 0. The van der Waals surface area contributed by atoms with Crippen molar-refractivity contribution >= 4 is 12.3 Å². The fourth-order valence-corrected chi connectivity index (χ4v) is 0.0747. The second-order valence-corrected chi connectivity index (χ2v) is 0.634. The molecule has 6 N–H and O–H groups in total. The lowest BCUT2D eigenvalue weighted by molar-refractivity contribution is 0.0802. The van der Waals surface area contributed by atoms with Gasteiger partial charge in [-0.05, 0) is 0 Å². The van der Waals surface area contributed by atoms with Crippen LogP contribution in [0.3, 0.4) is 0 Å². The van der Waals surface area contributed by atoms with Crippen LogP contribution < -0.4 is 0 Å². The Kier molecular flexibility index (Phi) is 11.6. The molecule has 0 saturated carbocycles. The fourth-order valence-electron chi connectivity index (χ4n) is 0.0747. The molecular formula is C2H6O7. The van der Waals surface area contributed by atoms with Gasteiger partial charge in [-0.1, -0.05) is 0 Å². The third-order valence-corrected chi connectivity index (χ3v) is 0.175. The van der Waals surface area contributed by atoms with Crippen LogP contribution in [0.5, 0.6) is 0 Å². The summed E-state index contributed by atoms with van der Waals surface area (Å²) in [5.74, 6) is 0. The lowest BCUT2D eigenvalue weighted by Gasteiger charge is -1.84. The Morgan fingerprint density at radius 1 is 1.00 bits per heavy atom. The minimum Gasteiger partial charge on any atom is -0.449 e. The van der Waals surface area contributed by atoms with Gasteiger partial charge in [0.15, 0.2) is 0 Å². The van der Waals surface area contributed by atoms with Crippen molar-refractivity contribution in [2.45, 2.75) is 0 Å². The van der Waals surface area contributed by atoms with E-state index in [4.69, 9.17) is 10.2 Å². The van der Waals surface area contributed by atoms with E-state index in [2.05, 4.69) is 4.74 Å². The first-order valence-corrected chi connectivity index (χ1v) is 1.26.